The van der Waals surface area contributed by atoms with Gasteiger partial charge in [0.25, 0.3) is 0 Å². The number of pyridine rings is 1. The summed E-state index contributed by atoms with van der Waals surface area (Å²) in [5.74, 6) is 0.568. The minimum atomic E-state index is 0.464. The maximum Gasteiger partial charge on any atom is 0.144 e. The molecular weight excluding hydrogens is 366 g/mol. The van der Waals surface area contributed by atoms with Crippen LogP contribution in [0.25, 0.3) is 10.9 Å². The number of nitriles is 1. The van der Waals surface area contributed by atoms with E-state index < -0.39 is 0 Å². The number of benzene rings is 2. The second-order valence-electron chi connectivity index (χ2n) is 6.33. The van der Waals surface area contributed by atoms with Crippen LogP contribution in [0.2, 0.25) is 0 Å². The van der Waals surface area contributed by atoms with E-state index >= 15 is 0 Å². The molecular formula is C21H23N7O. The smallest absolute Gasteiger partial charge is 0.144 e. The Labute approximate surface area is 169 Å². The van der Waals surface area contributed by atoms with Gasteiger partial charge in [0.1, 0.15) is 17.5 Å². The molecule has 0 unspecified atom stereocenters. The van der Waals surface area contributed by atoms with Gasteiger partial charge in [-0.25, -0.2) is 5.53 Å². The lowest BCUT2D eigenvalue weighted by atomic mass is 10.0. The van der Waals surface area contributed by atoms with Crippen LogP contribution in [0, 0.1) is 16.9 Å². The molecule has 0 aliphatic carbocycles. The van der Waals surface area contributed by atoms with E-state index in [4.69, 9.17) is 16.0 Å². The summed E-state index contributed by atoms with van der Waals surface area (Å²) in [7, 11) is 1.77. The first-order valence-corrected chi connectivity index (χ1v) is 9.31. The van der Waals surface area contributed by atoms with Crippen molar-refractivity contribution in [3.05, 3.63) is 41.6 Å². The maximum atomic E-state index is 9.81. The summed E-state index contributed by atoms with van der Waals surface area (Å²) in [4.78, 5) is 4.66. The highest BCUT2D eigenvalue weighted by Crippen LogP contribution is 2.37. The molecule has 1 heterocycles. The summed E-state index contributed by atoms with van der Waals surface area (Å²) >= 11 is 0. The molecule has 0 spiro atoms. The number of rotatable bonds is 7. The average Bonchev–Trinajstić information content (AvgIpc) is 2.74. The van der Waals surface area contributed by atoms with Crippen LogP contribution < -0.4 is 21.1 Å². The molecule has 1 aromatic heterocycles. The number of hydrogen-bond acceptors (Lipinski definition) is 8. The van der Waals surface area contributed by atoms with Crippen LogP contribution >= 0.6 is 0 Å². The molecule has 2 aromatic carbocycles. The summed E-state index contributed by atoms with van der Waals surface area (Å²) < 4.78 is 5.60. The van der Waals surface area contributed by atoms with Crippen LogP contribution in [-0.2, 0) is 6.42 Å². The molecule has 0 atom stereocenters. The summed E-state index contributed by atoms with van der Waals surface area (Å²) in [6.07, 6.45) is 0.605. The van der Waals surface area contributed by atoms with Crippen LogP contribution in [-0.4, -0.2) is 18.6 Å². The monoisotopic (exact) mass is 389 g/mol. The largest absolute Gasteiger partial charge is 0.492 e. The molecule has 0 aliphatic heterocycles. The van der Waals surface area contributed by atoms with Crippen molar-refractivity contribution in [2.24, 2.45) is 5.11 Å². The van der Waals surface area contributed by atoms with Gasteiger partial charge < -0.3 is 21.1 Å². The number of nitrogen functional groups attached to an aromatic ring is 1. The lowest BCUT2D eigenvalue weighted by Gasteiger charge is -2.17. The first-order valence-electron chi connectivity index (χ1n) is 9.31. The Morgan fingerprint density at radius 1 is 1.28 bits per heavy atom. The molecule has 5 N–H and O–H groups in total. The van der Waals surface area contributed by atoms with Crippen LogP contribution in [0.5, 0.6) is 5.75 Å². The van der Waals surface area contributed by atoms with E-state index in [0.717, 1.165) is 11.1 Å². The summed E-state index contributed by atoms with van der Waals surface area (Å²) in [5.41, 5.74) is 18.4. The Morgan fingerprint density at radius 2 is 2.07 bits per heavy atom. The zero-order chi connectivity index (χ0) is 21.0. The predicted octanol–water partition coefficient (Wildman–Crippen LogP) is 5.10. The molecule has 0 saturated heterocycles. The molecule has 0 saturated carbocycles. The Kier molecular flexibility index (Phi) is 5.79. The van der Waals surface area contributed by atoms with Gasteiger partial charge in [-0.2, -0.15) is 10.4 Å². The SMILES string of the molecule is CCOc1cc2nc(CC)c(C#N)c(Nc3ccc(NC)c(N=N)c3)c2cc1N. The highest BCUT2D eigenvalue weighted by Gasteiger charge is 2.17. The Balaban J connectivity index is 2.23. The highest BCUT2D eigenvalue weighted by atomic mass is 16.5. The standard InChI is InChI=1S/C21H23N7O/c1-4-16-14(11-22)21(26-12-6-7-17(25-3)19(8-12)28-24)13-9-15(23)20(29-5-2)10-18(13)27-16/h6-10,24-25H,4-5,23H2,1-3H3,(H,26,27). The number of nitrogens with two attached hydrogens (primary N) is 1. The molecule has 0 bridgehead atoms. The highest BCUT2D eigenvalue weighted by molar-refractivity contribution is 5.99. The van der Waals surface area contributed by atoms with Gasteiger partial charge in [-0.05, 0) is 37.6 Å². The number of anilines is 4. The van der Waals surface area contributed by atoms with E-state index in [0.29, 0.717) is 58.3 Å². The summed E-state index contributed by atoms with van der Waals surface area (Å²) in [6.45, 7) is 4.34. The van der Waals surface area contributed by atoms with Crippen molar-refractivity contribution in [3.8, 4) is 11.8 Å². The van der Waals surface area contributed by atoms with E-state index in [1.165, 1.54) is 0 Å². The third-order valence-electron chi connectivity index (χ3n) is 4.59. The van der Waals surface area contributed by atoms with Gasteiger partial charge in [0, 0.05) is 24.2 Å². The number of aryl methyl sites for hydroxylation is 1. The van der Waals surface area contributed by atoms with Crippen LogP contribution in [0.4, 0.5) is 28.4 Å². The topological polar surface area (TPSA) is 132 Å². The molecule has 8 nitrogen and oxygen atoms in total. The third kappa shape index (κ3) is 3.75. The van der Waals surface area contributed by atoms with Crippen molar-refractivity contribution < 1.29 is 4.74 Å². The van der Waals surface area contributed by atoms with Crippen molar-refractivity contribution >= 4 is 39.3 Å². The minimum absolute atomic E-state index is 0.464. The number of nitrogens with one attached hydrogen (secondary N) is 3. The summed E-state index contributed by atoms with van der Waals surface area (Å²) in [5, 5.41) is 20.4. The van der Waals surface area contributed by atoms with E-state index in [1.807, 2.05) is 26.0 Å². The van der Waals surface area contributed by atoms with Gasteiger partial charge in [0.05, 0.1) is 40.4 Å². The minimum Gasteiger partial charge on any atom is -0.492 e. The zero-order valence-electron chi connectivity index (χ0n) is 16.6. The first-order chi connectivity index (χ1) is 14.1. The zero-order valence-corrected chi connectivity index (χ0v) is 16.6. The second-order valence-corrected chi connectivity index (χ2v) is 6.33. The molecule has 29 heavy (non-hydrogen) atoms. The fraction of sp³-hybridized carbons (Fsp3) is 0.238. The fourth-order valence-corrected chi connectivity index (χ4v) is 3.20. The normalized spacial score (nSPS) is 10.4. The molecule has 0 amide bonds. The third-order valence-corrected chi connectivity index (χ3v) is 4.59. The van der Waals surface area contributed by atoms with Crippen molar-refractivity contribution in [2.45, 2.75) is 20.3 Å². The Hall–Kier alpha value is -3.86. The number of nitrogens with zero attached hydrogens (tertiary/aromatic N) is 3. The van der Waals surface area contributed by atoms with Gasteiger partial charge in [-0.1, -0.05) is 6.92 Å². The van der Waals surface area contributed by atoms with Gasteiger partial charge in [-0.15, -0.1) is 0 Å². The van der Waals surface area contributed by atoms with Gasteiger partial charge >= 0.3 is 0 Å². The van der Waals surface area contributed by atoms with E-state index in [2.05, 4.69) is 26.8 Å². The molecule has 8 heteroatoms. The van der Waals surface area contributed by atoms with Crippen molar-refractivity contribution in [1.82, 2.24) is 4.98 Å². The summed E-state index contributed by atoms with van der Waals surface area (Å²) in [6, 6.07) is 11.3. The molecule has 148 valence electrons. The predicted molar refractivity (Wildman–Crippen MR) is 115 cm³/mol. The molecule has 3 aromatic rings. The Morgan fingerprint density at radius 3 is 2.69 bits per heavy atom. The van der Waals surface area contributed by atoms with Gasteiger partial charge in [-0.3, -0.25) is 4.98 Å². The fourth-order valence-electron chi connectivity index (χ4n) is 3.20. The van der Waals surface area contributed by atoms with Crippen molar-refractivity contribution in [2.75, 3.05) is 30.0 Å². The first kappa shape index (κ1) is 19.9. The lowest BCUT2D eigenvalue weighted by Crippen LogP contribution is -2.04. The number of hydrogen-bond donors (Lipinski definition) is 4. The van der Waals surface area contributed by atoms with Crippen LogP contribution in [0.3, 0.4) is 0 Å². The molecule has 3 rings (SSSR count). The van der Waals surface area contributed by atoms with Crippen molar-refractivity contribution in [1.29, 1.82) is 10.8 Å². The molecule has 0 fully saturated rings. The molecule has 0 aliphatic rings. The maximum absolute atomic E-state index is 9.81. The number of ether oxygens (including phenoxy) is 1. The average molecular weight is 389 g/mol. The van der Waals surface area contributed by atoms with E-state index in [1.54, 1.807) is 25.2 Å². The van der Waals surface area contributed by atoms with Gasteiger partial charge in [0.15, 0.2) is 0 Å². The number of fused-ring (bicyclic) bond motifs is 1. The Bertz CT molecular complexity index is 1120. The molecule has 0 radical (unpaired) electrons. The van der Waals surface area contributed by atoms with E-state index in [9.17, 15) is 5.26 Å². The number of aromatic nitrogens is 1. The van der Waals surface area contributed by atoms with Crippen LogP contribution in [0.1, 0.15) is 25.1 Å². The van der Waals surface area contributed by atoms with E-state index in [-0.39, 0.29) is 0 Å². The van der Waals surface area contributed by atoms with Crippen molar-refractivity contribution in [3.63, 3.8) is 0 Å². The van der Waals surface area contributed by atoms with Crippen LogP contribution in [0.15, 0.2) is 35.4 Å². The lowest BCUT2D eigenvalue weighted by molar-refractivity contribution is 0.342. The second kappa shape index (κ2) is 8.44. The van der Waals surface area contributed by atoms with Gasteiger partial charge in [0.2, 0.25) is 0 Å². The quantitative estimate of drug-likeness (QED) is 0.328.